The summed E-state index contributed by atoms with van der Waals surface area (Å²) in [4.78, 5) is 1.33. The molecule has 1 rings (SSSR count). The number of nitrogens with two attached hydrogens (primary N) is 1. The van der Waals surface area contributed by atoms with Crippen LogP contribution in [-0.2, 0) is 6.42 Å². The predicted octanol–water partition coefficient (Wildman–Crippen LogP) is 3.33. The highest BCUT2D eigenvalue weighted by Crippen LogP contribution is 2.26. The minimum absolute atomic E-state index is 0.315. The summed E-state index contributed by atoms with van der Waals surface area (Å²) in [5, 5.41) is 0. The molecule has 0 fully saturated rings. The van der Waals surface area contributed by atoms with Gasteiger partial charge in [0, 0.05) is 4.90 Å². The molecule has 0 bridgehead atoms. The Balaban J connectivity index is 2.64. The van der Waals surface area contributed by atoms with Gasteiger partial charge in [-0.05, 0) is 48.8 Å². The zero-order valence-corrected chi connectivity index (χ0v) is 10.7. The van der Waals surface area contributed by atoms with Crippen molar-refractivity contribution in [2.75, 3.05) is 12.8 Å². The van der Waals surface area contributed by atoms with Gasteiger partial charge in [0.1, 0.15) is 0 Å². The summed E-state index contributed by atoms with van der Waals surface area (Å²) in [6.07, 6.45) is 4.30. The van der Waals surface area contributed by atoms with E-state index in [4.69, 9.17) is 5.73 Å². The molecule has 0 saturated heterocycles. The molecular formula is C13H21NS. The zero-order valence-electron chi connectivity index (χ0n) is 9.92. The second kappa shape index (κ2) is 5.57. The van der Waals surface area contributed by atoms with Crippen LogP contribution in [0, 0.1) is 5.41 Å². The minimum atomic E-state index is 0.315. The van der Waals surface area contributed by atoms with Gasteiger partial charge in [-0.1, -0.05) is 26.0 Å². The lowest BCUT2D eigenvalue weighted by Gasteiger charge is -2.23. The van der Waals surface area contributed by atoms with Crippen LogP contribution in [-0.4, -0.2) is 12.8 Å². The van der Waals surface area contributed by atoms with Crippen molar-refractivity contribution < 1.29 is 0 Å². The van der Waals surface area contributed by atoms with E-state index in [1.54, 1.807) is 11.8 Å². The maximum Gasteiger partial charge on any atom is 0.00693 e. The number of thioether (sulfide) groups is 1. The highest BCUT2D eigenvalue weighted by molar-refractivity contribution is 7.98. The van der Waals surface area contributed by atoms with Crippen LogP contribution in [0.3, 0.4) is 0 Å². The standard InChI is InChI=1S/C13H21NS/c1-13(2,8-9-14)10-11-4-6-12(15-3)7-5-11/h4-7H,8-10,14H2,1-3H3. The maximum atomic E-state index is 5.61. The number of rotatable bonds is 5. The van der Waals surface area contributed by atoms with Gasteiger partial charge in [-0.25, -0.2) is 0 Å². The fourth-order valence-corrected chi connectivity index (χ4v) is 2.18. The average molecular weight is 223 g/mol. The second-order valence-corrected chi connectivity index (χ2v) is 5.61. The predicted molar refractivity (Wildman–Crippen MR) is 69.4 cm³/mol. The zero-order chi connectivity index (χ0) is 11.3. The lowest BCUT2D eigenvalue weighted by Crippen LogP contribution is -2.19. The molecule has 0 heterocycles. The molecule has 15 heavy (non-hydrogen) atoms. The quantitative estimate of drug-likeness (QED) is 0.775. The van der Waals surface area contributed by atoms with E-state index in [0.717, 1.165) is 19.4 Å². The smallest absolute Gasteiger partial charge is 0.00693 e. The van der Waals surface area contributed by atoms with Crippen molar-refractivity contribution in [1.29, 1.82) is 0 Å². The number of hydrogen-bond acceptors (Lipinski definition) is 2. The molecule has 0 aliphatic rings. The van der Waals surface area contributed by atoms with Gasteiger partial charge >= 0.3 is 0 Å². The fourth-order valence-electron chi connectivity index (χ4n) is 1.78. The number of hydrogen-bond donors (Lipinski definition) is 1. The van der Waals surface area contributed by atoms with Crippen LogP contribution in [0.4, 0.5) is 0 Å². The molecule has 0 radical (unpaired) electrons. The lowest BCUT2D eigenvalue weighted by molar-refractivity contribution is 0.339. The Morgan fingerprint density at radius 1 is 1.20 bits per heavy atom. The molecular weight excluding hydrogens is 202 g/mol. The van der Waals surface area contributed by atoms with E-state index in [0.29, 0.717) is 5.41 Å². The van der Waals surface area contributed by atoms with Crippen molar-refractivity contribution in [3.05, 3.63) is 29.8 Å². The molecule has 1 nitrogen and oxygen atoms in total. The molecule has 2 N–H and O–H groups in total. The molecule has 0 aliphatic carbocycles. The first kappa shape index (κ1) is 12.6. The van der Waals surface area contributed by atoms with Gasteiger partial charge in [0.2, 0.25) is 0 Å². The van der Waals surface area contributed by atoms with Crippen LogP contribution < -0.4 is 5.73 Å². The Labute approximate surface area is 97.4 Å². The molecule has 84 valence electrons. The molecule has 0 unspecified atom stereocenters. The Morgan fingerprint density at radius 2 is 1.80 bits per heavy atom. The van der Waals surface area contributed by atoms with E-state index < -0.39 is 0 Å². The number of benzene rings is 1. The van der Waals surface area contributed by atoms with Crippen LogP contribution in [0.25, 0.3) is 0 Å². The normalized spacial score (nSPS) is 11.7. The van der Waals surface area contributed by atoms with Crippen LogP contribution in [0.5, 0.6) is 0 Å². The van der Waals surface area contributed by atoms with Crippen molar-refractivity contribution in [3.63, 3.8) is 0 Å². The molecule has 0 atom stereocenters. The molecule has 0 aliphatic heterocycles. The van der Waals surface area contributed by atoms with Crippen LogP contribution in [0.15, 0.2) is 29.2 Å². The van der Waals surface area contributed by atoms with E-state index in [9.17, 15) is 0 Å². The molecule has 0 spiro atoms. The Hall–Kier alpha value is -0.470. The Bertz CT molecular complexity index is 290. The summed E-state index contributed by atoms with van der Waals surface area (Å²) >= 11 is 1.79. The van der Waals surface area contributed by atoms with Crippen molar-refractivity contribution in [2.24, 2.45) is 11.1 Å². The lowest BCUT2D eigenvalue weighted by atomic mass is 9.83. The summed E-state index contributed by atoms with van der Waals surface area (Å²) in [5.41, 5.74) is 7.33. The molecule has 1 aromatic carbocycles. The van der Waals surface area contributed by atoms with Crippen LogP contribution >= 0.6 is 11.8 Å². The first-order valence-electron chi connectivity index (χ1n) is 5.40. The highest BCUT2D eigenvalue weighted by Gasteiger charge is 2.17. The third kappa shape index (κ3) is 4.27. The van der Waals surface area contributed by atoms with Gasteiger partial charge in [0.05, 0.1) is 0 Å². The van der Waals surface area contributed by atoms with Gasteiger partial charge in [0.15, 0.2) is 0 Å². The first-order chi connectivity index (χ1) is 7.07. The average Bonchev–Trinajstić information content (AvgIpc) is 2.18. The SMILES string of the molecule is CSc1ccc(CC(C)(C)CCN)cc1. The Kier molecular flexibility index (Phi) is 4.68. The summed E-state index contributed by atoms with van der Waals surface area (Å²) in [6, 6.07) is 8.84. The molecule has 0 aromatic heterocycles. The highest BCUT2D eigenvalue weighted by atomic mass is 32.2. The van der Waals surface area contributed by atoms with E-state index in [1.807, 2.05) is 0 Å². The third-order valence-corrected chi connectivity index (χ3v) is 3.41. The largest absolute Gasteiger partial charge is 0.330 e. The van der Waals surface area contributed by atoms with E-state index in [2.05, 4.69) is 44.4 Å². The summed E-state index contributed by atoms with van der Waals surface area (Å²) in [6.45, 7) is 5.33. The van der Waals surface area contributed by atoms with Crippen molar-refractivity contribution >= 4 is 11.8 Å². The van der Waals surface area contributed by atoms with Crippen molar-refractivity contribution in [1.82, 2.24) is 0 Å². The first-order valence-corrected chi connectivity index (χ1v) is 6.63. The maximum absolute atomic E-state index is 5.61. The topological polar surface area (TPSA) is 26.0 Å². The molecule has 1 aromatic rings. The minimum Gasteiger partial charge on any atom is -0.330 e. The van der Waals surface area contributed by atoms with Gasteiger partial charge in [-0.2, -0.15) is 0 Å². The molecule has 0 saturated carbocycles. The monoisotopic (exact) mass is 223 g/mol. The van der Waals surface area contributed by atoms with Gasteiger partial charge in [-0.3, -0.25) is 0 Å². The van der Waals surface area contributed by atoms with Gasteiger partial charge < -0.3 is 5.73 Å². The van der Waals surface area contributed by atoms with Gasteiger partial charge in [-0.15, -0.1) is 11.8 Å². The fraction of sp³-hybridized carbons (Fsp3) is 0.538. The Morgan fingerprint density at radius 3 is 2.27 bits per heavy atom. The summed E-state index contributed by atoms with van der Waals surface area (Å²) in [7, 11) is 0. The van der Waals surface area contributed by atoms with Gasteiger partial charge in [0.25, 0.3) is 0 Å². The van der Waals surface area contributed by atoms with E-state index in [1.165, 1.54) is 10.5 Å². The summed E-state index contributed by atoms with van der Waals surface area (Å²) in [5.74, 6) is 0. The van der Waals surface area contributed by atoms with Crippen LogP contribution in [0.2, 0.25) is 0 Å². The molecule has 2 heteroatoms. The van der Waals surface area contributed by atoms with E-state index in [-0.39, 0.29) is 0 Å². The third-order valence-electron chi connectivity index (χ3n) is 2.66. The van der Waals surface area contributed by atoms with E-state index >= 15 is 0 Å². The molecule has 0 amide bonds. The van der Waals surface area contributed by atoms with Crippen LogP contribution in [0.1, 0.15) is 25.8 Å². The van der Waals surface area contributed by atoms with Crippen molar-refractivity contribution in [2.45, 2.75) is 31.6 Å². The summed E-state index contributed by atoms with van der Waals surface area (Å²) < 4.78 is 0. The second-order valence-electron chi connectivity index (χ2n) is 4.73. The van der Waals surface area contributed by atoms with Crippen molar-refractivity contribution in [3.8, 4) is 0 Å².